The second-order valence-corrected chi connectivity index (χ2v) is 9.09. The molecule has 9 heteroatoms. The average Bonchev–Trinajstić information content (AvgIpc) is 3.32. The number of imidazole rings is 1. The third-order valence-corrected chi connectivity index (χ3v) is 6.90. The summed E-state index contributed by atoms with van der Waals surface area (Å²) in [5, 5.41) is 2.66. The molecular formula is C26H34N6O3. The number of unbranched alkanes of at least 4 members (excludes halogenated alkanes) is 1. The summed E-state index contributed by atoms with van der Waals surface area (Å²) >= 11 is 0. The molecular weight excluding hydrogens is 444 g/mol. The lowest BCUT2D eigenvalue weighted by molar-refractivity contribution is 0.171. The molecule has 186 valence electrons. The van der Waals surface area contributed by atoms with Gasteiger partial charge in [-0.25, -0.2) is 9.78 Å². The number of rotatable bonds is 7. The highest BCUT2D eigenvalue weighted by Gasteiger charge is 2.19. The number of aromatic nitrogens is 2. The topological polar surface area (TPSA) is 75.1 Å². The Bertz CT molecular complexity index is 1170. The number of carbonyl (C=O) groups is 1. The standard InChI is InChI=1S/C26H34N6O3/c1-27-26(33)29(2)20-5-7-22-23(17-20)32(19-28-22)10-4-3-9-30-11-13-31(14-12-30)21-6-8-24-25(18-21)35-16-15-34-24/h5-8,17-19H,3-4,9-16H2,1-2H3,(H,27,33). The van der Waals surface area contributed by atoms with Crippen molar-refractivity contribution in [3.63, 3.8) is 0 Å². The highest BCUT2D eigenvalue weighted by molar-refractivity contribution is 5.93. The number of aryl methyl sites for hydroxylation is 1. The van der Waals surface area contributed by atoms with Gasteiger partial charge in [0.1, 0.15) is 13.2 Å². The molecule has 2 aliphatic rings. The maximum absolute atomic E-state index is 12.0. The fourth-order valence-electron chi connectivity index (χ4n) is 4.79. The smallest absolute Gasteiger partial charge is 0.321 e. The lowest BCUT2D eigenvalue weighted by Crippen LogP contribution is -2.46. The van der Waals surface area contributed by atoms with E-state index in [4.69, 9.17) is 9.47 Å². The van der Waals surface area contributed by atoms with Gasteiger partial charge in [0.15, 0.2) is 11.5 Å². The van der Waals surface area contributed by atoms with Gasteiger partial charge in [-0.15, -0.1) is 0 Å². The van der Waals surface area contributed by atoms with Crippen molar-refractivity contribution in [2.75, 3.05) is 69.8 Å². The Morgan fingerprint density at radius 3 is 2.57 bits per heavy atom. The Morgan fingerprint density at radius 1 is 1.00 bits per heavy atom. The predicted octanol–water partition coefficient (Wildman–Crippen LogP) is 3.19. The second-order valence-electron chi connectivity index (χ2n) is 9.09. The number of nitrogens with zero attached hydrogens (tertiary/aromatic N) is 5. The van der Waals surface area contributed by atoms with Crippen LogP contribution in [-0.2, 0) is 6.54 Å². The Hall–Kier alpha value is -3.46. The lowest BCUT2D eigenvalue weighted by Gasteiger charge is -2.36. The Labute approximate surface area is 206 Å². The molecule has 3 aromatic rings. The van der Waals surface area contributed by atoms with Crippen LogP contribution in [0.5, 0.6) is 11.5 Å². The summed E-state index contributed by atoms with van der Waals surface area (Å²) in [6, 6.07) is 12.1. The molecule has 3 heterocycles. The number of fused-ring (bicyclic) bond motifs is 2. The van der Waals surface area contributed by atoms with Crippen LogP contribution in [0, 0.1) is 0 Å². The Morgan fingerprint density at radius 2 is 1.77 bits per heavy atom. The quantitative estimate of drug-likeness (QED) is 0.526. The lowest BCUT2D eigenvalue weighted by atomic mass is 10.2. The van der Waals surface area contributed by atoms with E-state index in [1.165, 1.54) is 5.69 Å². The van der Waals surface area contributed by atoms with Crippen LogP contribution in [0.1, 0.15) is 12.8 Å². The summed E-state index contributed by atoms with van der Waals surface area (Å²) in [5.74, 6) is 1.70. The number of ether oxygens (including phenoxy) is 2. The van der Waals surface area contributed by atoms with Crippen molar-refractivity contribution in [2.45, 2.75) is 19.4 Å². The molecule has 2 amide bonds. The number of hydrogen-bond acceptors (Lipinski definition) is 6. The van der Waals surface area contributed by atoms with Crippen LogP contribution in [0.3, 0.4) is 0 Å². The van der Waals surface area contributed by atoms with E-state index in [-0.39, 0.29) is 6.03 Å². The monoisotopic (exact) mass is 478 g/mol. The van der Waals surface area contributed by atoms with Crippen molar-refractivity contribution in [3.05, 3.63) is 42.7 Å². The zero-order valence-corrected chi connectivity index (χ0v) is 20.6. The van der Waals surface area contributed by atoms with Gasteiger partial charge in [-0.1, -0.05) is 0 Å². The summed E-state index contributed by atoms with van der Waals surface area (Å²) in [6.07, 6.45) is 4.13. The number of urea groups is 1. The highest BCUT2D eigenvalue weighted by Crippen LogP contribution is 2.34. The Kier molecular flexibility index (Phi) is 6.94. The van der Waals surface area contributed by atoms with Gasteiger partial charge < -0.3 is 24.3 Å². The number of nitrogens with one attached hydrogen (secondary N) is 1. The van der Waals surface area contributed by atoms with Crippen LogP contribution in [0.25, 0.3) is 11.0 Å². The average molecular weight is 479 g/mol. The maximum Gasteiger partial charge on any atom is 0.321 e. The van der Waals surface area contributed by atoms with Crippen molar-refractivity contribution < 1.29 is 14.3 Å². The first-order chi connectivity index (χ1) is 17.1. The number of hydrogen-bond donors (Lipinski definition) is 1. The SMILES string of the molecule is CNC(=O)N(C)c1ccc2ncn(CCCCN3CCN(c4ccc5c(c4)OCCO5)CC3)c2c1. The van der Waals surface area contributed by atoms with Crippen LogP contribution >= 0.6 is 0 Å². The molecule has 1 N–H and O–H groups in total. The molecule has 2 aliphatic heterocycles. The van der Waals surface area contributed by atoms with Crippen LogP contribution < -0.4 is 24.6 Å². The van der Waals surface area contributed by atoms with E-state index in [0.717, 1.165) is 80.3 Å². The summed E-state index contributed by atoms with van der Waals surface area (Å²) in [6.45, 7) is 7.44. The molecule has 1 saturated heterocycles. The van der Waals surface area contributed by atoms with E-state index in [0.29, 0.717) is 13.2 Å². The summed E-state index contributed by atoms with van der Waals surface area (Å²) in [7, 11) is 3.41. The molecule has 0 saturated carbocycles. The van der Waals surface area contributed by atoms with Crippen molar-refractivity contribution in [1.29, 1.82) is 0 Å². The number of piperazine rings is 1. The molecule has 0 bridgehead atoms. The molecule has 9 nitrogen and oxygen atoms in total. The molecule has 0 unspecified atom stereocenters. The van der Waals surface area contributed by atoms with E-state index < -0.39 is 0 Å². The van der Waals surface area contributed by atoms with Crippen molar-refractivity contribution in [2.24, 2.45) is 0 Å². The molecule has 5 rings (SSSR count). The molecule has 1 fully saturated rings. The molecule has 0 radical (unpaired) electrons. The molecule has 0 spiro atoms. The second kappa shape index (κ2) is 10.4. The summed E-state index contributed by atoms with van der Waals surface area (Å²) < 4.78 is 13.6. The molecule has 2 aromatic carbocycles. The van der Waals surface area contributed by atoms with Crippen molar-refractivity contribution in [1.82, 2.24) is 19.8 Å². The molecule has 0 atom stereocenters. The molecule has 35 heavy (non-hydrogen) atoms. The number of benzene rings is 2. The van der Waals surface area contributed by atoms with Crippen LogP contribution in [0.15, 0.2) is 42.7 Å². The van der Waals surface area contributed by atoms with Crippen molar-refractivity contribution >= 4 is 28.4 Å². The van der Waals surface area contributed by atoms with Gasteiger partial charge >= 0.3 is 6.03 Å². The van der Waals surface area contributed by atoms with Crippen molar-refractivity contribution in [3.8, 4) is 11.5 Å². The van der Waals surface area contributed by atoms with Gasteiger partial charge in [-0.05, 0) is 49.7 Å². The van der Waals surface area contributed by atoms with Crippen LogP contribution in [0.4, 0.5) is 16.2 Å². The Balaban J connectivity index is 1.09. The van der Waals surface area contributed by atoms with E-state index in [2.05, 4.69) is 36.8 Å². The van der Waals surface area contributed by atoms with E-state index in [1.54, 1.807) is 19.0 Å². The third kappa shape index (κ3) is 5.14. The van der Waals surface area contributed by atoms with Gasteiger partial charge in [-0.3, -0.25) is 9.80 Å². The third-order valence-electron chi connectivity index (χ3n) is 6.90. The van der Waals surface area contributed by atoms with Gasteiger partial charge in [0.2, 0.25) is 0 Å². The minimum atomic E-state index is -0.135. The highest BCUT2D eigenvalue weighted by atomic mass is 16.6. The summed E-state index contributed by atoms with van der Waals surface area (Å²) in [5.41, 5.74) is 4.08. The first-order valence-corrected chi connectivity index (χ1v) is 12.4. The van der Waals surface area contributed by atoms with Gasteiger partial charge in [-0.2, -0.15) is 0 Å². The minimum absolute atomic E-state index is 0.135. The molecule has 0 aliphatic carbocycles. The van der Waals surface area contributed by atoms with Crippen LogP contribution in [0.2, 0.25) is 0 Å². The van der Waals surface area contributed by atoms with Gasteiger partial charge in [0.05, 0.1) is 17.4 Å². The normalized spacial score (nSPS) is 15.9. The number of carbonyl (C=O) groups excluding carboxylic acids is 1. The predicted molar refractivity (Wildman–Crippen MR) is 138 cm³/mol. The number of anilines is 2. The van der Waals surface area contributed by atoms with E-state index in [1.807, 2.05) is 30.6 Å². The van der Waals surface area contributed by atoms with Gasteiger partial charge in [0, 0.05) is 64.3 Å². The fourth-order valence-corrected chi connectivity index (χ4v) is 4.79. The first-order valence-electron chi connectivity index (χ1n) is 12.4. The maximum atomic E-state index is 12.0. The fraction of sp³-hybridized carbons (Fsp3) is 0.462. The number of amides is 2. The largest absolute Gasteiger partial charge is 0.486 e. The van der Waals surface area contributed by atoms with E-state index >= 15 is 0 Å². The van der Waals surface area contributed by atoms with Gasteiger partial charge in [0.25, 0.3) is 0 Å². The van der Waals surface area contributed by atoms with Crippen LogP contribution in [-0.4, -0.2) is 80.5 Å². The zero-order valence-electron chi connectivity index (χ0n) is 20.6. The summed E-state index contributed by atoms with van der Waals surface area (Å²) in [4.78, 5) is 23.1. The zero-order chi connectivity index (χ0) is 24.2. The van der Waals surface area contributed by atoms with E-state index in [9.17, 15) is 4.79 Å². The first kappa shape index (κ1) is 23.3. The molecule has 1 aromatic heterocycles. The minimum Gasteiger partial charge on any atom is -0.486 e.